The summed E-state index contributed by atoms with van der Waals surface area (Å²) in [7, 11) is 3.22. The van der Waals surface area contributed by atoms with Gasteiger partial charge < -0.3 is 20.1 Å². The fourth-order valence-electron chi connectivity index (χ4n) is 3.01. The van der Waals surface area contributed by atoms with Gasteiger partial charge in [0.15, 0.2) is 11.5 Å². The molecule has 6 nitrogen and oxygen atoms in total. The summed E-state index contributed by atoms with van der Waals surface area (Å²) >= 11 is 1.53. The first-order chi connectivity index (χ1) is 12.1. The average Bonchev–Trinajstić information content (AvgIpc) is 3.30. The molecule has 0 spiro atoms. The number of nitrogens with two attached hydrogens (primary N) is 1. The molecule has 2 heterocycles. The molecule has 3 rings (SSSR count). The summed E-state index contributed by atoms with van der Waals surface area (Å²) in [4.78, 5) is 18.9. The normalized spacial score (nSPS) is 16.9. The van der Waals surface area contributed by atoms with E-state index in [1.165, 1.54) is 11.3 Å². The summed E-state index contributed by atoms with van der Waals surface area (Å²) in [6.45, 7) is 2.21. The lowest BCUT2D eigenvalue weighted by molar-refractivity contribution is -0.129. The highest BCUT2D eigenvalue weighted by Crippen LogP contribution is 2.33. The van der Waals surface area contributed by atoms with E-state index in [2.05, 4.69) is 4.98 Å². The van der Waals surface area contributed by atoms with Gasteiger partial charge in [-0.1, -0.05) is 0 Å². The molecule has 1 saturated heterocycles. The maximum absolute atomic E-state index is 12.4. The van der Waals surface area contributed by atoms with Crippen molar-refractivity contribution in [1.82, 2.24) is 9.88 Å². The maximum atomic E-state index is 12.4. The fourth-order valence-corrected chi connectivity index (χ4v) is 3.83. The van der Waals surface area contributed by atoms with E-state index < -0.39 is 0 Å². The number of benzene rings is 1. The molecule has 0 bridgehead atoms. The minimum atomic E-state index is 0.125. The molecule has 1 unspecified atom stereocenters. The molecule has 1 aliphatic heterocycles. The molecule has 7 heteroatoms. The molecule has 1 aliphatic rings. The van der Waals surface area contributed by atoms with Gasteiger partial charge in [-0.15, -0.1) is 11.3 Å². The number of aromatic nitrogens is 1. The van der Waals surface area contributed by atoms with E-state index in [0.717, 1.165) is 35.8 Å². The highest BCUT2D eigenvalue weighted by Gasteiger charge is 2.25. The summed E-state index contributed by atoms with van der Waals surface area (Å²) in [6.07, 6.45) is 1.33. The molecule has 134 valence electrons. The second-order valence-corrected chi connectivity index (χ2v) is 6.98. The summed E-state index contributed by atoms with van der Waals surface area (Å²) in [5.41, 5.74) is 7.44. The first kappa shape index (κ1) is 17.7. The Morgan fingerprint density at radius 3 is 2.84 bits per heavy atom. The molecule has 0 radical (unpaired) electrons. The predicted molar refractivity (Wildman–Crippen MR) is 98.1 cm³/mol. The number of thiazole rings is 1. The summed E-state index contributed by atoms with van der Waals surface area (Å²) in [6, 6.07) is 5.70. The summed E-state index contributed by atoms with van der Waals surface area (Å²) in [5, 5.41) is 2.81. The lowest BCUT2D eigenvalue weighted by atomic mass is 10.1. The molecule has 1 aromatic carbocycles. The van der Waals surface area contributed by atoms with Gasteiger partial charge in [0.2, 0.25) is 5.91 Å². The van der Waals surface area contributed by atoms with E-state index in [4.69, 9.17) is 15.2 Å². The number of methoxy groups -OCH3 is 2. The van der Waals surface area contributed by atoms with Crippen molar-refractivity contribution in [1.29, 1.82) is 0 Å². The van der Waals surface area contributed by atoms with Crippen LogP contribution in [0.4, 0.5) is 0 Å². The largest absolute Gasteiger partial charge is 0.493 e. The van der Waals surface area contributed by atoms with Crippen molar-refractivity contribution in [2.75, 3.05) is 33.9 Å². The van der Waals surface area contributed by atoms with Crippen molar-refractivity contribution >= 4 is 17.2 Å². The van der Waals surface area contributed by atoms with Crippen molar-refractivity contribution in [2.45, 2.75) is 12.8 Å². The fraction of sp³-hybridized carbons (Fsp3) is 0.444. The Kier molecular flexibility index (Phi) is 5.55. The number of ether oxygens (including phenoxy) is 2. The first-order valence-electron chi connectivity index (χ1n) is 8.29. The third-order valence-corrected chi connectivity index (χ3v) is 5.43. The van der Waals surface area contributed by atoms with E-state index in [0.29, 0.717) is 30.4 Å². The van der Waals surface area contributed by atoms with Crippen molar-refractivity contribution in [3.05, 3.63) is 29.3 Å². The average molecular weight is 361 g/mol. The zero-order valence-corrected chi connectivity index (χ0v) is 15.3. The van der Waals surface area contributed by atoms with E-state index in [9.17, 15) is 4.79 Å². The zero-order chi connectivity index (χ0) is 17.8. The molecule has 1 atom stereocenters. The monoisotopic (exact) mass is 361 g/mol. The van der Waals surface area contributed by atoms with Crippen molar-refractivity contribution in [3.8, 4) is 22.1 Å². The molecular weight excluding hydrogens is 338 g/mol. The second-order valence-electron chi connectivity index (χ2n) is 6.12. The minimum Gasteiger partial charge on any atom is -0.493 e. The highest BCUT2D eigenvalue weighted by molar-refractivity contribution is 7.13. The van der Waals surface area contributed by atoms with Gasteiger partial charge in [-0.25, -0.2) is 4.98 Å². The van der Waals surface area contributed by atoms with Crippen LogP contribution in [0.25, 0.3) is 10.6 Å². The van der Waals surface area contributed by atoms with Gasteiger partial charge >= 0.3 is 0 Å². The van der Waals surface area contributed by atoms with Crippen molar-refractivity contribution in [3.63, 3.8) is 0 Å². The van der Waals surface area contributed by atoms with Gasteiger partial charge in [0.05, 0.1) is 26.3 Å². The van der Waals surface area contributed by atoms with Crippen LogP contribution in [0.1, 0.15) is 12.1 Å². The highest BCUT2D eigenvalue weighted by atomic mass is 32.1. The summed E-state index contributed by atoms with van der Waals surface area (Å²) in [5.74, 6) is 1.90. The number of carbonyl (C=O) groups is 1. The Labute approximate surface area is 151 Å². The van der Waals surface area contributed by atoms with Crippen LogP contribution in [-0.2, 0) is 11.2 Å². The zero-order valence-electron chi connectivity index (χ0n) is 14.5. The van der Waals surface area contributed by atoms with Crippen molar-refractivity contribution < 1.29 is 14.3 Å². The number of rotatable bonds is 6. The predicted octanol–water partition coefficient (Wildman–Crippen LogP) is 2.18. The van der Waals surface area contributed by atoms with Crippen LogP contribution in [0.15, 0.2) is 23.6 Å². The molecule has 0 aliphatic carbocycles. The SMILES string of the molecule is COc1ccc(-c2nc(CC(=O)N3CCC(CN)C3)cs2)cc1OC. The summed E-state index contributed by atoms with van der Waals surface area (Å²) < 4.78 is 10.6. The molecule has 1 fully saturated rings. The van der Waals surface area contributed by atoms with Gasteiger partial charge in [-0.05, 0) is 37.1 Å². The van der Waals surface area contributed by atoms with E-state index in [1.807, 2.05) is 28.5 Å². The number of likely N-dealkylation sites (tertiary alicyclic amines) is 1. The van der Waals surface area contributed by atoms with Crippen LogP contribution in [0.3, 0.4) is 0 Å². The quantitative estimate of drug-likeness (QED) is 0.853. The van der Waals surface area contributed by atoms with E-state index >= 15 is 0 Å². The van der Waals surface area contributed by atoms with Crippen LogP contribution in [-0.4, -0.2) is 49.6 Å². The number of hydrogen-bond acceptors (Lipinski definition) is 6. The molecule has 1 amide bonds. The topological polar surface area (TPSA) is 77.7 Å². The first-order valence-corrected chi connectivity index (χ1v) is 9.17. The number of carbonyl (C=O) groups excluding carboxylic acids is 1. The molecule has 1 aromatic heterocycles. The van der Waals surface area contributed by atoms with Crippen LogP contribution < -0.4 is 15.2 Å². The Hall–Kier alpha value is -2.12. The van der Waals surface area contributed by atoms with Gasteiger partial charge in [-0.2, -0.15) is 0 Å². The Morgan fingerprint density at radius 1 is 1.36 bits per heavy atom. The van der Waals surface area contributed by atoms with Crippen molar-refractivity contribution in [2.24, 2.45) is 11.7 Å². The lowest BCUT2D eigenvalue weighted by Crippen LogP contribution is -2.31. The second kappa shape index (κ2) is 7.84. The minimum absolute atomic E-state index is 0.125. The Balaban J connectivity index is 1.69. The van der Waals surface area contributed by atoms with Crippen LogP contribution >= 0.6 is 11.3 Å². The molecular formula is C18H23N3O3S. The standard InChI is InChI=1S/C18H23N3O3S/c1-23-15-4-3-13(7-16(15)24-2)18-20-14(11-25-18)8-17(22)21-6-5-12(9-19)10-21/h3-4,7,11-12H,5-6,8-10,19H2,1-2H3. The van der Waals surface area contributed by atoms with Crippen LogP contribution in [0.5, 0.6) is 11.5 Å². The number of amides is 1. The van der Waals surface area contributed by atoms with E-state index in [-0.39, 0.29) is 5.91 Å². The van der Waals surface area contributed by atoms with Crippen LogP contribution in [0, 0.1) is 5.92 Å². The third kappa shape index (κ3) is 3.93. The number of hydrogen-bond donors (Lipinski definition) is 1. The third-order valence-electron chi connectivity index (χ3n) is 4.49. The Morgan fingerprint density at radius 2 is 2.16 bits per heavy atom. The van der Waals surface area contributed by atoms with Gasteiger partial charge in [0, 0.05) is 24.0 Å². The molecule has 0 saturated carbocycles. The van der Waals surface area contributed by atoms with Crippen LogP contribution in [0.2, 0.25) is 0 Å². The lowest BCUT2D eigenvalue weighted by Gasteiger charge is -2.15. The van der Waals surface area contributed by atoms with E-state index in [1.54, 1.807) is 14.2 Å². The van der Waals surface area contributed by atoms with Gasteiger partial charge in [0.1, 0.15) is 5.01 Å². The molecule has 25 heavy (non-hydrogen) atoms. The number of nitrogens with zero attached hydrogens (tertiary/aromatic N) is 2. The maximum Gasteiger partial charge on any atom is 0.228 e. The van der Waals surface area contributed by atoms with Gasteiger partial charge in [0.25, 0.3) is 0 Å². The van der Waals surface area contributed by atoms with Gasteiger partial charge in [-0.3, -0.25) is 4.79 Å². The molecule has 2 N–H and O–H groups in total. The smallest absolute Gasteiger partial charge is 0.228 e. The molecule has 2 aromatic rings. The Bertz CT molecular complexity index is 747.